The van der Waals surface area contributed by atoms with E-state index >= 15 is 0 Å². The number of furan rings is 1. The van der Waals surface area contributed by atoms with Crippen LogP contribution < -0.4 is 9.64 Å². The number of phenols is 1. The topological polar surface area (TPSA) is 82.6 Å². The number of nitrogens with one attached hydrogen (secondary N) is 1. The number of ether oxygens (including phenoxy) is 3. The van der Waals surface area contributed by atoms with Gasteiger partial charge in [-0.05, 0) is 24.3 Å². The van der Waals surface area contributed by atoms with Crippen LogP contribution in [0, 0.1) is 0 Å². The lowest BCUT2D eigenvalue weighted by atomic mass is 10.0. The van der Waals surface area contributed by atoms with E-state index in [1.807, 2.05) is 0 Å². The lowest BCUT2D eigenvalue weighted by molar-refractivity contribution is -0.914. The minimum absolute atomic E-state index is 0.105. The van der Waals surface area contributed by atoms with Gasteiger partial charge in [0.2, 0.25) is 5.78 Å². The Morgan fingerprint density at radius 1 is 1.15 bits per heavy atom. The molecule has 7 heteroatoms. The fourth-order valence-electron chi connectivity index (χ4n) is 3.01. The smallest absolute Gasteiger partial charge is 0.232 e. The number of hydrogen-bond donors (Lipinski definition) is 2. The van der Waals surface area contributed by atoms with Gasteiger partial charge in [0.25, 0.3) is 0 Å². The van der Waals surface area contributed by atoms with Crippen LogP contribution in [0.4, 0.5) is 0 Å². The number of methoxy groups -OCH3 is 2. The number of carbonyl (C=O) groups is 1. The van der Waals surface area contributed by atoms with E-state index in [9.17, 15) is 9.90 Å². The Morgan fingerprint density at radius 3 is 2.52 bits per heavy atom. The van der Waals surface area contributed by atoms with E-state index in [1.54, 1.807) is 38.5 Å². The van der Waals surface area contributed by atoms with Crippen LogP contribution in [0.5, 0.6) is 11.5 Å². The van der Waals surface area contributed by atoms with Crippen LogP contribution in [-0.2, 0) is 16.0 Å². The molecule has 0 unspecified atom stereocenters. The Hall–Kier alpha value is -2.61. The lowest BCUT2D eigenvalue weighted by Crippen LogP contribution is -3.11. The van der Waals surface area contributed by atoms with Gasteiger partial charge in [0, 0.05) is 20.3 Å². The molecule has 0 saturated carbocycles. The third kappa shape index (κ3) is 4.39. The highest BCUT2D eigenvalue weighted by molar-refractivity contribution is 6.14. The maximum absolute atomic E-state index is 12.7. The molecule has 2 heterocycles. The zero-order valence-electron chi connectivity index (χ0n) is 15.5. The predicted octanol–water partition coefficient (Wildman–Crippen LogP) is 1.28. The summed E-state index contributed by atoms with van der Waals surface area (Å²) in [5, 5.41) is 10.4. The van der Waals surface area contributed by atoms with Crippen molar-refractivity contribution in [3.63, 3.8) is 0 Å². The minimum atomic E-state index is -0.224. The fraction of sp³-hybridized carbons (Fsp3) is 0.350. The Kier molecular flexibility index (Phi) is 6.28. The first-order valence-electron chi connectivity index (χ1n) is 8.78. The Morgan fingerprint density at radius 2 is 1.89 bits per heavy atom. The summed E-state index contributed by atoms with van der Waals surface area (Å²) in [4.78, 5) is 13.8. The monoisotopic (exact) mass is 374 g/mol. The first-order valence-corrected chi connectivity index (χ1v) is 8.78. The van der Waals surface area contributed by atoms with Gasteiger partial charge in [0.15, 0.2) is 11.5 Å². The molecule has 144 valence electrons. The lowest BCUT2D eigenvalue weighted by Gasteiger charge is -2.20. The summed E-state index contributed by atoms with van der Waals surface area (Å²) in [6, 6.07) is 6.61. The number of phenolic OH excluding ortho intramolecular Hbond substituents is 1. The molecule has 1 aromatic carbocycles. The molecule has 0 amide bonds. The van der Waals surface area contributed by atoms with Crippen molar-refractivity contribution >= 4 is 11.9 Å². The number of fused-ring (bicyclic) bond motifs is 1. The minimum Gasteiger partial charge on any atom is -0.507 e. The number of quaternary nitrogens is 1. The summed E-state index contributed by atoms with van der Waals surface area (Å²) >= 11 is 0. The molecule has 1 aliphatic heterocycles. The van der Waals surface area contributed by atoms with Gasteiger partial charge in [-0.2, -0.15) is 0 Å². The maximum atomic E-state index is 12.7. The second kappa shape index (κ2) is 8.85. The van der Waals surface area contributed by atoms with Crippen LogP contribution >= 0.6 is 0 Å². The van der Waals surface area contributed by atoms with Gasteiger partial charge < -0.3 is 28.6 Å². The summed E-state index contributed by atoms with van der Waals surface area (Å²) in [6.07, 6.45) is 3.09. The summed E-state index contributed by atoms with van der Waals surface area (Å²) in [5.74, 6) is 1.00. The van der Waals surface area contributed by atoms with E-state index < -0.39 is 0 Å². The molecular weight excluding hydrogens is 350 g/mol. The average molecular weight is 374 g/mol. The number of aromatic hydroxyl groups is 1. The van der Waals surface area contributed by atoms with Gasteiger partial charge in [0.05, 0.1) is 30.6 Å². The zero-order chi connectivity index (χ0) is 19.2. The van der Waals surface area contributed by atoms with Gasteiger partial charge in [-0.15, -0.1) is 0 Å². The summed E-state index contributed by atoms with van der Waals surface area (Å²) in [7, 11) is 3.30. The molecule has 0 saturated heterocycles. The molecule has 2 aromatic rings. The Bertz CT molecular complexity index is 804. The molecule has 0 atom stereocenters. The summed E-state index contributed by atoms with van der Waals surface area (Å²) < 4.78 is 21.4. The van der Waals surface area contributed by atoms with Gasteiger partial charge in [-0.1, -0.05) is 0 Å². The zero-order valence-corrected chi connectivity index (χ0v) is 15.5. The van der Waals surface area contributed by atoms with E-state index in [1.165, 1.54) is 12.3 Å². The number of benzene rings is 1. The second-order valence-corrected chi connectivity index (χ2v) is 6.31. The standard InChI is InChI=1S/C20H23NO6/c1-24-10-7-21(8-11-25-2)13-16-17(22)6-5-15-19(23)18(27-20(15)16)12-14-4-3-9-26-14/h3-6,9,12,22H,7-8,10-11,13H2,1-2H3/p+1/b18-12-. The largest absolute Gasteiger partial charge is 0.507 e. The molecule has 0 fully saturated rings. The normalized spacial score (nSPS) is 14.8. The highest BCUT2D eigenvalue weighted by Gasteiger charge is 2.32. The fourth-order valence-corrected chi connectivity index (χ4v) is 3.01. The van der Waals surface area contributed by atoms with Crippen LogP contribution in [0.1, 0.15) is 21.7 Å². The van der Waals surface area contributed by atoms with Gasteiger partial charge in [0.1, 0.15) is 31.1 Å². The van der Waals surface area contributed by atoms with E-state index in [0.717, 1.165) is 18.0 Å². The van der Waals surface area contributed by atoms with E-state index in [4.69, 9.17) is 18.6 Å². The van der Waals surface area contributed by atoms with Crippen molar-refractivity contribution in [2.24, 2.45) is 0 Å². The van der Waals surface area contributed by atoms with Gasteiger partial charge in [-0.3, -0.25) is 4.79 Å². The maximum Gasteiger partial charge on any atom is 0.232 e. The molecule has 1 aromatic heterocycles. The molecule has 0 radical (unpaired) electrons. The van der Waals surface area contributed by atoms with Gasteiger partial charge in [-0.25, -0.2) is 0 Å². The van der Waals surface area contributed by atoms with E-state index in [2.05, 4.69) is 0 Å². The number of Topliss-reactive ketones (excluding diaryl/α,β-unsaturated/α-hetero) is 1. The number of hydrogen-bond acceptors (Lipinski definition) is 6. The molecule has 7 nitrogen and oxygen atoms in total. The van der Waals surface area contributed by atoms with Crippen molar-refractivity contribution in [1.29, 1.82) is 0 Å². The molecule has 0 spiro atoms. The number of ketones is 1. The quantitative estimate of drug-likeness (QED) is 0.644. The van der Waals surface area contributed by atoms with Crippen molar-refractivity contribution in [3.05, 3.63) is 53.2 Å². The summed E-state index contributed by atoms with van der Waals surface area (Å²) in [5.41, 5.74) is 1.05. The first kappa shape index (κ1) is 19.2. The second-order valence-electron chi connectivity index (χ2n) is 6.31. The SMILES string of the molecule is COCC[NH+](CCOC)Cc1c(O)ccc2c1O/C(=C\c1ccco1)C2=O. The number of rotatable bonds is 9. The predicted molar refractivity (Wildman–Crippen MR) is 97.9 cm³/mol. The van der Waals surface area contributed by atoms with E-state index in [0.29, 0.717) is 42.4 Å². The Labute approximate surface area is 157 Å². The van der Waals surface area contributed by atoms with Crippen LogP contribution in [0.3, 0.4) is 0 Å². The molecule has 1 aliphatic rings. The van der Waals surface area contributed by atoms with Crippen molar-refractivity contribution in [2.75, 3.05) is 40.5 Å². The highest BCUT2D eigenvalue weighted by atomic mass is 16.5. The molecule has 2 N–H and O–H groups in total. The Balaban J connectivity index is 1.87. The molecule has 3 rings (SSSR count). The molecular formula is C20H24NO6+. The molecule has 0 bridgehead atoms. The highest BCUT2D eigenvalue weighted by Crippen LogP contribution is 2.39. The third-order valence-electron chi connectivity index (χ3n) is 4.48. The van der Waals surface area contributed by atoms with Crippen LogP contribution in [0.25, 0.3) is 6.08 Å². The summed E-state index contributed by atoms with van der Waals surface area (Å²) in [6.45, 7) is 3.14. The third-order valence-corrected chi connectivity index (χ3v) is 4.48. The van der Waals surface area contributed by atoms with Crippen molar-refractivity contribution < 1.29 is 33.4 Å². The van der Waals surface area contributed by atoms with Crippen LogP contribution in [0.15, 0.2) is 40.7 Å². The average Bonchev–Trinajstić information content (AvgIpc) is 3.28. The van der Waals surface area contributed by atoms with Crippen LogP contribution in [0.2, 0.25) is 0 Å². The van der Waals surface area contributed by atoms with Crippen molar-refractivity contribution in [1.82, 2.24) is 0 Å². The van der Waals surface area contributed by atoms with Crippen molar-refractivity contribution in [2.45, 2.75) is 6.54 Å². The van der Waals surface area contributed by atoms with E-state index in [-0.39, 0.29) is 17.3 Å². The molecule has 0 aliphatic carbocycles. The van der Waals surface area contributed by atoms with Gasteiger partial charge >= 0.3 is 0 Å². The van der Waals surface area contributed by atoms with Crippen LogP contribution in [-0.4, -0.2) is 51.4 Å². The number of allylic oxidation sites excluding steroid dienone is 1. The number of carbonyl (C=O) groups excluding carboxylic acids is 1. The first-order chi connectivity index (χ1) is 13.1. The molecule has 27 heavy (non-hydrogen) atoms. The van der Waals surface area contributed by atoms with Crippen molar-refractivity contribution in [3.8, 4) is 11.5 Å².